The van der Waals surface area contributed by atoms with Gasteiger partial charge in [0.15, 0.2) is 11.2 Å². The fourth-order valence-corrected chi connectivity index (χ4v) is 2.90. The third-order valence-corrected chi connectivity index (χ3v) is 4.07. The van der Waals surface area contributed by atoms with E-state index in [1.54, 1.807) is 25.8 Å². The molecular weight excluding hydrogens is 274 g/mol. The smallest absolute Gasteiger partial charge is 0.332 e. The number of imidazole rings is 1. The lowest BCUT2D eigenvalue weighted by atomic mass is 10.2. The molecule has 0 saturated carbocycles. The zero-order valence-electron chi connectivity index (χ0n) is 12.4. The molecule has 2 aromatic rings. The zero-order valence-corrected chi connectivity index (χ0v) is 12.4. The molecular formula is C13H19N5O3. The van der Waals surface area contributed by atoms with Crippen LogP contribution in [0.5, 0.6) is 0 Å². The van der Waals surface area contributed by atoms with E-state index in [9.17, 15) is 9.59 Å². The molecule has 0 amide bonds. The number of rotatable bonds is 3. The minimum atomic E-state index is -0.316. The number of methoxy groups -OCH3 is 1. The SMILES string of the molecule is COCc1nc2c(c(=O)n(C3CCNC3)c(=O)n2C)n1C. The van der Waals surface area contributed by atoms with Crippen molar-refractivity contribution >= 4 is 11.2 Å². The monoisotopic (exact) mass is 293 g/mol. The average molecular weight is 293 g/mol. The number of hydrogen-bond donors (Lipinski definition) is 1. The summed E-state index contributed by atoms with van der Waals surface area (Å²) in [5, 5.41) is 3.18. The van der Waals surface area contributed by atoms with Crippen LogP contribution in [0, 0.1) is 0 Å². The number of ether oxygens (including phenoxy) is 1. The number of hydrogen-bond acceptors (Lipinski definition) is 5. The van der Waals surface area contributed by atoms with Crippen LogP contribution in [0.25, 0.3) is 11.2 Å². The molecule has 1 unspecified atom stereocenters. The van der Waals surface area contributed by atoms with Crippen LogP contribution in [-0.4, -0.2) is 38.9 Å². The lowest BCUT2D eigenvalue weighted by Gasteiger charge is -2.13. The first-order valence-electron chi connectivity index (χ1n) is 6.92. The zero-order chi connectivity index (χ0) is 15.1. The third kappa shape index (κ3) is 2.02. The minimum Gasteiger partial charge on any atom is -0.377 e. The molecule has 1 fully saturated rings. The summed E-state index contributed by atoms with van der Waals surface area (Å²) < 4.78 is 9.58. The molecule has 8 heteroatoms. The number of aryl methyl sites for hydroxylation is 2. The Morgan fingerprint density at radius 2 is 2.10 bits per heavy atom. The van der Waals surface area contributed by atoms with Crippen LogP contribution in [0.1, 0.15) is 18.3 Å². The van der Waals surface area contributed by atoms with Crippen molar-refractivity contribution in [1.82, 2.24) is 24.0 Å². The summed E-state index contributed by atoms with van der Waals surface area (Å²) in [6.45, 7) is 1.76. The van der Waals surface area contributed by atoms with Gasteiger partial charge in [0.05, 0.1) is 6.04 Å². The second kappa shape index (κ2) is 5.12. The van der Waals surface area contributed by atoms with Gasteiger partial charge in [-0.15, -0.1) is 0 Å². The Bertz CT molecular complexity index is 795. The Labute approximate surface area is 121 Å². The first-order valence-corrected chi connectivity index (χ1v) is 6.92. The molecule has 21 heavy (non-hydrogen) atoms. The van der Waals surface area contributed by atoms with Crippen LogP contribution in [-0.2, 0) is 25.4 Å². The fourth-order valence-electron chi connectivity index (χ4n) is 2.90. The van der Waals surface area contributed by atoms with Gasteiger partial charge >= 0.3 is 5.69 Å². The number of nitrogens with one attached hydrogen (secondary N) is 1. The highest BCUT2D eigenvalue weighted by atomic mass is 16.5. The van der Waals surface area contributed by atoms with Crippen molar-refractivity contribution in [2.45, 2.75) is 19.1 Å². The molecule has 8 nitrogen and oxygen atoms in total. The van der Waals surface area contributed by atoms with Gasteiger partial charge in [0.25, 0.3) is 5.56 Å². The molecule has 1 atom stereocenters. The summed E-state index contributed by atoms with van der Waals surface area (Å²) in [7, 11) is 4.99. The quantitative estimate of drug-likeness (QED) is 0.794. The normalized spacial score (nSPS) is 18.7. The van der Waals surface area contributed by atoms with Crippen LogP contribution in [0.2, 0.25) is 0 Å². The third-order valence-electron chi connectivity index (χ3n) is 4.07. The van der Waals surface area contributed by atoms with E-state index < -0.39 is 0 Å². The molecule has 0 aliphatic carbocycles. The molecule has 3 heterocycles. The topological polar surface area (TPSA) is 83.1 Å². The van der Waals surface area contributed by atoms with Crippen LogP contribution in [0.15, 0.2) is 9.59 Å². The lowest BCUT2D eigenvalue weighted by molar-refractivity contribution is 0.175. The standard InChI is InChI=1S/C13H19N5O3/c1-16-9(7-21-3)15-11-10(16)12(19)18(13(20)17(11)2)8-4-5-14-6-8/h8,14H,4-7H2,1-3H3. The van der Waals surface area contributed by atoms with E-state index in [2.05, 4.69) is 10.3 Å². The molecule has 3 rings (SSSR count). The Morgan fingerprint density at radius 1 is 1.33 bits per heavy atom. The molecule has 1 saturated heterocycles. The van der Waals surface area contributed by atoms with E-state index in [0.717, 1.165) is 13.0 Å². The van der Waals surface area contributed by atoms with Gasteiger partial charge in [0.2, 0.25) is 0 Å². The van der Waals surface area contributed by atoms with Gasteiger partial charge in [0, 0.05) is 27.7 Å². The van der Waals surface area contributed by atoms with Crippen LogP contribution in [0.4, 0.5) is 0 Å². The maximum atomic E-state index is 12.7. The molecule has 0 radical (unpaired) electrons. The fraction of sp³-hybridized carbons (Fsp3) is 0.615. The second-order valence-corrected chi connectivity index (χ2v) is 5.36. The maximum Gasteiger partial charge on any atom is 0.332 e. The highest BCUT2D eigenvalue weighted by molar-refractivity contribution is 5.70. The van der Waals surface area contributed by atoms with Crippen molar-refractivity contribution < 1.29 is 4.74 Å². The summed E-state index contributed by atoms with van der Waals surface area (Å²) >= 11 is 0. The summed E-state index contributed by atoms with van der Waals surface area (Å²) in [6, 6.07) is -0.0959. The second-order valence-electron chi connectivity index (χ2n) is 5.36. The molecule has 0 spiro atoms. The summed E-state index contributed by atoms with van der Waals surface area (Å²) in [6.07, 6.45) is 0.781. The molecule has 114 valence electrons. The van der Waals surface area contributed by atoms with Crippen LogP contribution >= 0.6 is 0 Å². The predicted molar refractivity (Wildman–Crippen MR) is 77.5 cm³/mol. The van der Waals surface area contributed by atoms with Gasteiger partial charge in [-0.3, -0.25) is 13.9 Å². The Hall–Kier alpha value is -1.93. The summed E-state index contributed by atoms with van der Waals surface area (Å²) in [5.74, 6) is 0.627. The number of fused-ring (bicyclic) bond motifs is 1. The van der Waals surface area contributed by atoms with Gasteiger partial charge in [-0.25, -0.2) is 9.78 Å². The van der Waals surface area contributed by atoms with E-state index >= 15 is 0 Å². The first-order chi connectivity index (χ1) is 10.1. The number of nitrogens with zero attached hydrogens (tertiary/aromatic N) is 4. The molecule has 0 aromatic carbocycles. The Morgan fingerprint density at radius 3 is 2.71 bits per heavy atom. The van der Waals surface area contributed by atoms with E-state index in [-0.39, 0.29) is 17.3 Å². The molecule has 1 aliphatic rings. The van der Waals surface area contributed by atoms with Crippen LogP contribution < -0.4 is 16.6 Å². The van der Waals surface area contributed by atoms with Gasteiger partial charge in [-0.2, -0.15) is 0 Å². The molecule has 0 bridgehead atoms. The van der Waals surface area contributed by atoms with Crippen molar-refractivity contribution in [1.29, 1.82) is 0 Å². The van der Waals surface area contributed by atoms with Crippen molar-refractivity contribution in [2.75, 3.05) is 20.2 Å². The summed E-state index contributed by atoms with van der Waals surface area (Å²) in [5.41, 5.74) is 0.250. The minimum absolute atomic E-state index is 0.0959. The first kappa shape index (κ1) is 14.0. The highest BCUT2D eigenvalue weighted by Crippen LogP contribution is 2.14. The van der Waals surface area contributed by atoms with E-state index in [1.165, 1.54) is 9.13 Å². The maximum absolute atomic E-state index is 12.7. The predicted octanol–water partition coefficient (Wildman–Crippen LogP) is -0.885. The van der Waals surface area contributed by atoms with E-state index in [4.69, 9.17) is 4.74 Å². The van der Waals surface area contributed by atoms with Crippen molar-refractivity contribution in [3.8, 4) is 0 Å². The van der Waals surface area contributed by atoms with Gasteiger partial charge in [0.1, 0.15) is 12.4 Å². The van der Waals surface area contributed by atoms with Crippen molar-refractivity contribution in [3.05, 3.63) is 26.7 Å². The van der Waals surface area contributed by atoms with E-state index in [1.807, 2.05) is 0 Å². The van der Waals surface area contributed by atoms with E-state index in [0.29, 0.717) is 30.1 Å². The van der Waals surface area contributed by atoms with Gasteiger partial charge < -0.3 is 14.6 Å². The highest BCUT2D eigenvalue weighted by Gasteiger charge is 2.24. The Balaban J connectivity index is 2.33. The van der Waals surface area contributed by atoms with Gasteiger partial charge in [-0.05, 0) is 13.0 Å². The lowest BCUT2D eigenvalue weighted by Crippen LogP contribution is -2.42. The van der Waals surface area contributed by atoms with Gasteiger partial charge in [-0.1, -0.05) is 0 Å². The Kier molecular flexibility index (Phi) is 3.42. The summed E-state index contributed by atoms with van der Waals surface area (Å²) in [4.78, 5) is 29.6. The number of aromatic nitrogens is 4. The molecule has 2 aromatic heterocycles. The van der Waals surface area contributed by atoms with Crippen LogP contribution in [0.3, 0.4) is 0 Å². The van der Waals surface area contributed by atoms with Crippen molar-refractivity contribution in [2.24, 2.45) is 14.1 Å². The molecule has 1 N–H and O–H groups in total. The van der Waals surface area contributed by atoms with Crippen molar-refractivity contribution in [3.63, 3.8) is 0 Å². The largest absolute Gasteiger partial charge is 0.377 e. The molecule has 1 aliphatic heterocycles. The average Bonchev–Trinajstić information content (AvgIpc) is 3.07.